The largest absolute Gasteiger partial charge is 0.497 e. The number of rotatable bonds is 5. The number of carbonyl (C=O) groups excluding carboxylic acids is 1. The molecule has 7 nitrogen and oxygen atoms in total. The van der Waals surface area contributed by atoms with Gasteiger partial charge in [0.2, 0.25) is 0 Å². The zero-order chi connectivity index (χ0) is 17.0. The van der Waals surface area contributed by atoms with Crippen molar-refractivity contribution in [3.63, 3.8) is 0 Å². The number of amides is 1. The van der Waals surface area contributed by atoms with Crippen LogP contribution in [0.25, 0.3) is 0 Å². The zero-order valence-corrected chi connectivity index (χ0v) is 12.1. The Morgan fingerprint density at radius 3 is 2.26 bits per heavy atom. The second-order valence-electron chi connectivity index (χ2n) is 4.56. The Morgan fingerprint density at radius 2 is 1.65 bits per heavy atom. The van der Waals surface area contributed by atoms with Gasteiger partial charge in [0.15, 0.2) is 0 Å². The third-order valence-corrected chi connectivity index (χ3v) is 3.07. The van der Waals surface area contributed by atoms with Crippen LogP contribution in [0.15, 0.2) is 42.5 Å². The minimum atomic E-state index is -1.39. The first kappa shape index (κ1) is 16.0. The van der Waals surface area contributed by atoms with Gasteiger partial charge in [-0.2, -0.15) is 0 Å². The van der Waals surface area contributed by atoms with Crippen LogP contribution < -0.4 is 10.1 Å². The van der Waals surface area contributed by atoms with E-state index < -0.39 is 23.4 Å². The summed E-state index contributed by atoms with van der Waals surface area (Å²) in [6.45, 7) is 0. The van der Waals surface area contributed by atoms with E-state index in [4.69, 9.17) is 14.9 Å². The highest BCUT2D eigenvalue weighted by atomic mass is 16.5. The first-order valence-corrected chi connectivity index (χ1v) is 6.48. The number of nitrogens with one attached hydrogen (secondary N) is 1. The van der Waals surface area contributed by atoms with Gasteiger partial charge in [-0.1, -0.05) is 6.07 Å². The van der Waals surface area contributed by atoms with Crippen molar-refractivity contribution in [3.05, 3.63) is 59.2 Å². The first-order valence-electron chi connectivity index (χ1n) is 6.48. The van der Waals surface area contributed by atoms with E-state index >= 15 is 0 Å². The summed E-state index contributed by atoms with van der Waals surface area (Å²) >= 11 is 0. The molecule has 0 aliphatic rings. The lowest BCUT2D eigenvalue weighted by Gasteiger charge is -2.09. The van der Waals surface area contributed by atoms with Gasteiger partial charge in [0, 0.05) is 11.3 Å². The molecular weight excluding hydrogens is 302 g/mol. The maximum absolute atomic E-state index is 12.2. The standard InChI is InChI=1S/C16H13NO6/c1-23-11-4-2-3-9(7-11)14(18)17-10-5-6-12(15(19)20)13(8-10)16(21)22/h2-8H,1H3,(H,17,18)(H,19,20)(H,21,22). The van der Waals surface area contributed by atoms with Gasteiger partial charge in [-0.3, -0.25) is 4.79 Å². The van der Waals surface area contributed by atoms with E-state index in [-0.39, 0.29) is 11.3 Å². The van der Waals surface area contributed by atoms with Crippen LogP contribution >= 0.6 is 0 Å². The van der Waals surface area contributed by atoms with Gasteiger partial charge in [-0.15, -0.1) is 0 Å². The van der Waals surface area contributed by atoms with E-state index in [0.29, 0.717) is 11.3 Å². The van der Waals surface area contributed by atoms with Crippen molar-refractivity contribution in [1.82, 2.24) is 0 Å². The number of carbonyl (C=O) groups is 3. The van der Waals surface area contributed by atoms with Crippen molar-refractivity contribution in [2.45, 2.75) is 0 Å². The molecule has 0 saturated heterocycles. The van der Waals surface area contributed by atoms with E-state index in [9.17, 15) is 14.4 Å². The minimum Gasteiger partial charge on any atom is -0.497 e. The fourth-order valence-corrected chi connectivity index (χ4v) is 1.95. The van der Waals surface area contributed by atoms with Gasteiger partial charge in [0.1, 0.15) is 5.75 Å². The molecular formula is C16H13NO6. The summed E-state index contributed by atoms with van der Waals surface area (Å²) in [5, 5.41) is 20.5. The van der Waals surface area contributed by atoms with Crippen molar-refractivity contribution >= 4 is 23.5 Å². The Morgan fingerprint density at radius 1 is 0.957 bits per heavy atom. The maximum Gasteiger partial charge on any atom is 0.336 e. The third kappa shape index (κ3) is 3.65. The predicted molar refractivity (Wildman–Crippen MR) is 81.3 cm³/mol. The third-order valence-electron chi connectivity index (χ3n) is 3.07. The Balaban J connectivity index is 2.29. The lowest BCUT2D eigenvalue weighted by Crippen LogP contribution is -2.14. The Labute approximate surface area is 131 Å². The number of carboxylic acids is 2. The van der Waals surface area contributed by atoms with Gasteiger partial charge in [-0.25, -0.2) is 9.59 Å². The Bertz CT molecular complexity index is 784. The molecule has 0 unspecified atom stereocenters. The summed E-state index contributed by atoms with van der Waals surface area (Å²) in [7, 11) is 1.47. The number of aromatic carboxylic acids is 2. The summed E-state index contributed by atoms with van der Waals surface area (Å²) in [6.07, 6.45) is 0. The lowest BCUT2D eigenvalue weighted by molar-refractivity contribution is 0.0651. The summed E-state index contributed by atoms with van der Waals surface area (Å²) in [6, 6.07) is 9.98. The fraction of sp³-hybridized carbons (Fsp3) is 0.0625. The summed E-state index contributed by atoms with van der Waals surface area (Å²) < 4.78 is 5.02. The van der Waals surface area contributed by atoms with Gasteiger partial charge in [-0.05, 0) is 36.4 Å². The molecule has 0 aliphatic carbocycles. The Kier molecular flexibility index (Phi) is 4.61. The van der Waals surface area contributed by atoms with E-state index in [1.54, 1.807) is 18.2 Å². The molecule has 3 N–H and O–H groups in total. The minimum absolute atomic E-state index is 0.181. The maximum atomic E-state index is 12.2. The molecule has 118 valence electrons. The molecule has 0 fully saturated rings. The van der Waals surface area contributed by atoms with Crippen LogP contribution in [-0.4, -0.2) is 35.2 Å². The van der Waals surface area contributed by atoms with Crippen molar-refractivity contribution in [2.24, 2.45) is 0 Å². The topological polar surface area (TPSA) is 113 Å². The lowest BCUT2D eigenvalue weighted by atomic mass is 10.1. The van der Waals surface area contributed by atoms with E-state index in [1.807, 2.05) is 0 Å². The van der Waals surface area contributed by atoms with Gasteiger partial charge < -0.3 is 20.3 Å². The van der Waals surface area contributed by atoms with Crippen molar-refractivity contribution < 1.29 is 29.3 Å². The molecule has 0 bridgehead atoms. The van der Waals surface area contributed by atoms with Crippen molar-refractivity contribution in [2.75, 3.05) is 12.4 Å². The first-order chi connectivity index (χ1) is 10.9. The second kappa shape index (κ2) is 6.61. The smallest absolute Gasteiger partial charge is 0.336 e. The summed E-state index contributed by atoms with van der Waals surface area (Å²) in [5.41, 5.74) is -0.249. The molecule has 1 amide bonds. The van der Waals surface area contributed by atoms with E-state index in [1.165, 1.54) is 19.2 Å². The van der Waals surface area contributed by atoms with Crippen molar-refractivity contribution in [1.29, 1.82) is 0 Å². The molecule has 0 aromatic heterocycles. The number of methoxy groups -OCH3 is 1. The number of carboxylic acid groups (broad SMARTS) is 2. The fourth-order valence-electron chi connectivity index (χ4n) is 1.95. The molecule has 0 saturated carbocycles. The molecule has 23 heavy (non-hydrogen) atoms. The van der Waals surface area contributed by atoms with Crippen LogP contribution in [0.1, 0.15) is 31.1 Å². The number of benzene rings is 2. The molecule has 0 heterocycles. The van der Waals surface area contributed by atoms with Crippen LogP contribution in [0.5, 0.6) is 5.75 Å². The van der Waals surface area contributed by atoms with Crippen LogP contribution in [0, 0.1) is 0 Å². The highest BCUT2D eigenvalue weighted by molar-refractivity contribution is 6.06. The Hall–Kier alpha value is -3.35. The molecule has 7 heteroatoms. The van der Waals surface area contributed by atoms with Gasteiger partial charge >= 0.3 is 11.9 Å². The monoisotopic (exact) mass is 315 g/mol. The van der Waals surface area contributed by atoms with Crippen LogP contribution in [0.4, 0.5) is 5.69 Å². The van der Waals surface area contributed by atoms with Gasteiger partial charge in [0.05, 0.1) is 18.2 Å². The molecule has 0 aliphatic heterocycles. The average molecular weight is 315 g/mol. The zero-order valence-electron chi connectivity index (χ0n) is 12.1. The van der Waals surface area contributed by atoms with Gasteiger partial charge in [0.25, 0.3) is 5.91 Å². The second-order valence-corrected chi connectivity index (χ2v) is 4.56. The summed E-state index contributed by atoms with van der Waals surface area (Å²) in [5.74, 6) is -2.71. The average Bonchev–Trinajstić information content (AvgIpc) is 2.54. The predicted octanol–water partition coefficient (Wildman–Crippen LogP) is 2.34. The quantitative estimate of drug-likeness (QED) is 0.780. The molecule has 2 aromatic carbocycles. The number of hydrogen-bond acceptors (Lipinski definition) is 4. The van der Waals surface area contributed by atoms with E-state index in [0.717, 1.165) is 12.1 Å². The summed E-state index contributed by atoms with van der Waals surface area (Å²) in [4.78, 5) is 34.3. The molecule has 0 radical (unpaired) electrons. The normalized spacial score (nSPS) is 9.96. The van der Waals surface area contributed by atoms with Crippen LogP contribution in [0.3, 0.4) is 0 Å². The molecule has 2 aromatic rings. The highest BCUT2D eigenvalue weighted by Gasteiger charge is 2.17. The molecule has 0 spiro atoms. The van der Waals surface area contributed by atoms with Crippen LogP contribution in [0.2, 0.25) is 0 Å². The van der Waals surface area contributed by atoms with E-state index in [2.05, 4.69) is 5.32 Å². The molecule has 0 atom stereocenters. The van der Waals surface area contributed by atoms with Crippen LogP contribution in [-0.2, 0) is 0 Å². The number of ether oxygens (including phenoxy) is 1. The highest BCUT2D eigenvalue weighted by Crippen LogP contribution is 2.18. The SMILES string of the molecule is COc1cccc(C(=O)Nc2ccc(C(=O)O)c(C(=O)O)c2)c1. The number of hydrogen-bond donors (Lipinski definition) is 3. The number of anilines is 1. The molecule has 2 rings (SSSR count). The van der Waals surface area contributed by atoms with Crippen molar-refractivity contribution in [3.8, 4) is 5.75 Å².